The minimum Gasteiger partial charge on any atom is -0.497 e. The quantitative estimate of drug-likeness (QED) is 0.800. The number of benzene rings is 1. The van der Waals surface area contributed by atoms with E-state index in [0.29, 0.717) is 25.3 Å². The van der Waals surface area contributed by atoms with E-state index in [1.54, 1.807) is 7.11 Å². The van der Waals surface area contributed by atoms with Gasteiger partial charge in [-0.15, -0.1) is 0 Å². The number of rotatable bonds is 3. The first kappa shape index (κ1) is 14.3. The number of Topliss-reactive ketones (excluding diaryl/α,β-unsaturated/α-hetero) is 2. The van der Waals surface area contributed by atoms with Gasteiger partial charge in [0.25, 0.3) is 0 Å². The third kappa shape index (κ3) is 2.72. The Labute approximate surface area is 125 Å². The van der Waals surface area contributed by atoms with Gasteiger partial charge in [-0.2, -0.15) is 0 Å². The second-order valence-corrected chi connectivity index (χ2v) is 6.26. The maximum atomic E-state index is 12.3. The van der Waals surface area contributed by atoms with Crippen molar-refractivity contribution < 1.29 is 14.3 Å². The van der Waals surface area contributed by atoms with Crippen LogP contribution in [0.15, 0.2) is 24.3 Å². The lowest BCUT2D eigenvalue weighted by Crippen LogP contribution is -2.40. The first-order valence-electron chi connectivity index (χ1n) is 7.52. The van der Waals surface area contributed by atoms with Crippen LogP contribution in [-0.4, -0.2) is 35.7 Å². The number of carbonyl (C=O) groups is 2. The van der Waals surface area contributed by atoms with Crippen molar-refractivity contribution in [3.63, 3.8) is 0 Å². The molecule has 4 heteroatoms. The van der Waals surface area contributed by atoms with Gasteiger partial charge in [0.2, 0.25) is 0 Å². The molecular formula is C17H21NO3. The standard InChI is InChI=1S/C17H21NO3/c1-11-7-13-9-16(20)17(15(19)8-11)18(13)10-12-3-5-14(21-2)6-4-12/h3-6,11,13,17H,7-10H2,1-2H3. The third-order valence-corrected chi connectivity index (χ3v) is 4.60. The van der Waals surface area contributed by atoms with Crippen molar-refractivity contribution in [2.75, 3.05) is 7.11 Å². The van der Waals surface area contributed by atoms with Crippen LogP contribution in [-0.2, 0) is 16.1 Å². The molecule has 2 aliphatic rings. The summed E-state index contributed by atoms with van der Waals surface area (Å²) < 4.78 is 5.16. The van der Waals surface area contributed by atoms with Crippen molar-refractivity contribution in [2.24, 2.45) is 5.92 Å². The van der Waals surface area contributed by atoms with Crippen LogP contribution in [0.25, 0.3) is 0 Å². The Balaban J connectivity index is 1.82. The van der Waals surface area contributed by atoms with E-state index >= 15 is 0 Å². The average molecular weight is 287 g/mol. The largest absolute Gasteiger partial charge is 0.497 e. The topological polar surface area (TPSA) is 46.6 Å². The lowest BCUT2D eigenvalue weighted by atomic mass is 9.91. The minimum atomic E-state index is -0.512. The molecule has 3 rings (SSSR count). The molecule has 2 saturated heterocycles. The highest BCUT2D eigenvalue weighted by Crippen LogP contribution is 2.34. The summed E-state index contributed by atoms with van der Waals surface area (Å²) in [5, 5.41) is 0. The molecule has 2 heterocycles. The smallest absolute Gasteiger partial charge is 0.159 e. The molecule has 2 bridgehead atoms. The fourth-order valence-electron chi connectivity index (χ4n) is 3.61. The predicted molar refractivity (Wildman–Crippen MR) is 79.1 cm³/mol. The normalized spacial score (nSPS) is 29.5. The fraction of sp³-hybridized carbons (Fsp3) is 0.529. The molecule has 3 unspecified atom stereocenters. The Bertz CT molecular complexity index is 552. The van der Waals surface area contributed by atoms with E-state index < -0.39 is 6.04 Å². The van der Waals surface area contributed by atoms with Gasteiger partial charge in [-0.25, -0.2) is 0 Å². The zero-order valence-electron chi connectivity index (χ0n) is 12.5. The number of hydrogen-bond acceptors (Lipinski definition) is 4. The first-order valence-corrected chi connectivity index (χ1v) is 7.52. The molecule has 1 aromatic rings. The van der Waals surface area contributed by atoms with E-state index in [4.69, 9.17) is 4.74 Å². The number of methoxy groups -OCH3 is 1. The van der Waals surface area contributed by atoms with Crippen molar-refractivity contribution in [1.82, 2.24) is 4.90 Å². The molecule has 0 spiro atoms. The van der Waals surface area contributed by atoms with Gasteiger partial charge >= 0.3 is 0 Å². The van der Waals surface area contributed by atoms with Crippen molar-refractivity contribution in [3.8, 4) is 5.75 Å². The average Bonchev–Trinajstić information content (AvgIpc) is 2.68. The number of fused-ring (bicyclic) bond motifs is 2. The summed E-state index contributed by atoms with van der Waals surface area (Å²) in [6, 6.07) is 7.54. The van der Waals surface area contributed by atoms with Crippen LogP contribution in [0.5, 0.6) is 5.75 Å². The van der Waals surface area contributed by atoms with Crippen molar-refractivity contribution in [3.05, 3.63) is 29.8 Å². The minimum absolute atomic E-state index is 0.0982. The lowest BCUT2D eigenvalue weighted by molar-refractivity contribution is -0.131. The van der Waals surface area contributed by atoms with Crippen molar-refractivity contribution >= 4 is 11.6 Å². The van der Waals surface area contributed by atoms with Crippen LogP contribution < -0.4 is 4.74 Å². The predicted octanol–water partition coefficient (Wildman–Crippen LogP) is 2.21. The molecule has 21 heavy (non-hydrogen) atoms. The van der Waals surface area contributed by atoms with E-state index in [1.807, 2.05) is 24.3 Å². The van der Waals surface area contributed by atoms with Gasteiger partial charge < -0.3 is 4.74 Å². The summed E-state index contributed by atoms with van der Waals surface area (Å²) in [4.78, 5) is 26.6. The number of hydrogen-bond donors (Lipinski definition) is 0. The molecule has 1 aromatic carbocycles. The molecule has 2 fully saturated rings. The monoisotopic (exact) mass is 287 g/mol. The molecule has 0 saturated carbocycles. The van der Waals surface area contributed by atoms with Crippen LogP contribution in [0.2, 0.25) is 0 Å². The zero-order valence-corrected chi connectivity index (χ0v) is 12.5. The number of ether oxygens (including phenoxy) is 1. The van der Waals surface area contributed by atoms with Gasteiger partial charge in [-0.3, -0.25) is 14.5 Å². The maximum Gasteiger partial charge on any atom is 0.159 e. The van der Waals surface area contributed by atoms with Crippen molar-refractivity contribution in [2.45, 2.75) is 44.8 Å². The van der Waals surface area contributed by atoms with Gasteiger partial charge in [0.1, 0.15) is 11.8 Å². The number of nitrogens with zero attached hydrogens (tertiary/aromatic N) is 1. The third-order valence-electron chi connectivity index (χ3n) is 4.60. The van der Waals surface area contributed by atoms with Gasteiger partial charge in [0.15, 0.2) is 11.6 Å². The Kier molecular flexibility index (Phi) is 3.81. The summed E-state index contributed by atoms with van der Waals surface area (Å²) >= 11 is 0. The summed E-state index contributed by atoms with van der Waals surface area (Å²) in [7, 11) is 1.64. The fourth-order valence-corrected chi connectivity index (χ4v) is 3.61. The molecule has 0 amide bonds. The Morgan fingerprint density at radius 3 is 2.48 bits per heavy atom. The highest BCUT2D eigenvalue weighted by Gasteiger charge is 2.46. The highest BCUT2D eigenvalue weighted by molar-refractivity contribution is 6.08. The van der Waals surface area contributed by atoms with E-state index in [0.717, 1.165) is 17.7 Å². The van der Waals surface area contributed by atoms with Crippen LogP contribution in [0.1, 0.15) is 31.7 Å². The molecule has 4 nitrogen and oxygen atoms in total. The highest BCUT2D eigenvalue weighted by atomic mass is 16.5. The van der Waals surface area contributed by atoms with E-state index in [2.05, 4.69) is 11.8 Å². The van der Waals surface area contributed by atoms with Gasteiger partial charge in [-0.1, -0.05) is 19.1 Å². The zero-order chi connectivity index (χ0) is 15.0. The molecule has 3 atom stereocenters. The van der Waals surface area contributed by atoms with Gasteiger partial charge in [-0.05, 0) is 30.0 Å². The number of carbonyl (C=O) groups excluding carboxylic acids is 2. The molecule has 2 aliphatic heterocycles. The molecule has 0 N–H and O–H groups in total. The second kappa shape index (κ2) is 5.60. The SMILES string of the molecule is COc1ccc(CN2C3CC(=O)C2C(=O)CC(C)C3)cc1. The summed E-state index contributed by atoms with van der Waals surface area (Å²) in [5.74, 6) is 1.39. The van der Waals surface area contributed by atoms with E-state index in [-0.39, 0.29) is 17.6 Å². The van der Waals surface area contributed by atoms with Gasteiger partial charge in [0.05, 0.1) is 7.11 Å². The lowest BCUT2D eigenvalue weighted by Gasteiger charge is -2.26. The summed E-state index contributed by atoms with van der Waals surface area (Å²) in [6.07, 6.45) is 1.99. The Morgan fingerprint density at radius 2 is 1.81 bits per heavy atom. The van der Waals surface area contributed by atoms with E-state index in [1.165, 1.54) is 0 Å². The van der Waals surface area contributed by atoms with Crippen LogP contribution in [0, 0.1) is 5.92 Å². The maximum absolute atomic E-state index is 12.3. The number of ketones is 2. The van der Waals surface area contributed by atoms with Gasteiger partial charge in [0, 0.05) is 25.4 Å². The summed E-state index contributed by atoms with van der Waals surface area (Å²) in [6.45, 7) is 2.76. The van der Waals surface area contributed by atoms with Crippen molar-refractivity contribution in [1.29, 1.82) is 0 Å². The first-order chi connectivity index (χ1) is 10.1. The van der Waals surface area contributed by atoms with Crippen LogP contribution >= 0.6 is 0 Å². The molecule has 112 valence electrons. The molecular weight excluding hydrogens is 266 g/mol. The molecule has 0 aromatic heterocycles. The Morgan fingerprint density at radius 1 is 1.14 bits per heavy atom. The molecule has 0 aliphatic carbocycles. The second-order valence-electron chi connectivity index (χ2n) is 6.26. The van der Waals surface area contributed by atoms with Crippen LogP contribution in [0.4, 0.5) is 0 Å². The van der Waals surface area contributed by atoms with E-state index in [9.17, 15) is 9.59 Å². The van der Waals surface area contributed by atoms with Crippen LogP contribution in [0.3, 0.4) is 0 Å². The molecule has 0 radical (unpaired) electrons. The Hall–Kier alpha value is -1.68. The summed E-state index contributed by atoms with van der Waals surface area (Å²) in [5.41, 5.74) is 1.11.